The molecule has 0 aliphatic carbocycles. The lowest BCUT2D eigenvalue weighted by Crippen LogP contribution is -1.85. The molecule has 10 heavy (non-hydrogen) atoms. The largest absolute Gasteiger partial charge is 0.504 e. The molecule has 0 radical (unpaired) electrons. The number of hydrogen-bond acceptors (Lipinski definition) is 4. The molecule has 0 aliphatic rings. The maximum atomic E-state index is 8.97. The number of methoxy groups -OCH3 is 1. The highest BCUT2D eigenvalue weighted by Gasteiger charge is 2.06. The molecular formula is C6H7NO3. The zero-order chi connectivity index (χ0) is 7.56. The van der Waals surface area contributed by atoms with Crippen molar-refractivity contribution in [2.45, 2.75) is 0 Å². The van der Waals surface area contributed by atoms with Gasteiger partial charge in [0.25, 0.3) is 5.88 Å². The fraction of sp³-hybridized carbons (Fsp3) is 0.167. The summed E-state index contributed by atoms with van der Waals surface area (Å²) in [5.41, 5.74) is 0. The fourth-order valence-electron chi connectivity index (χ4n) is 0.623. The topological polar surface area (TPSA) is 62.6 Å². The van der Waals surface area contributed by atoms with Crippen LogP contribution in [0.3, 0.4) is 0 Å². The van der Waals surface area contributed by atoms with E-state index in [1.807, 2.05) is 0 Å². The van der Waals surface area contributed by atoms with Gasteiger partial charge in [-0.1, -0.05) is 0 Å². The lowest BCUT2D eigenvalue weighted by atomic mass is 10.4. The van der Waals surface area contributed by atoms with Crippen molar-refractivity contribution < 1.29 is 14.9 Å². The SMILES string of the molecule is COc1c(O)ccnc1O. The summed E-state index contributed by atoms with van der Waals surface area (Å²) in [6.45, 7) is 0. The van der Waals surface area contributed by atoms with Gasteiger partial charge in [-0.3, -0.25) is 0 Å². The van der Waals surface area contributed by atoms with Gasteiger partial charge in [0.2, 0.25) is 5.75 Å². The molecule has 4 heteroatoms. The van der Waals surface area contributed by atoms with E-state index in [0.29, 0.717) is 0 Å². The number of hydrogen-bond donors (Lipinski definition) is 2. The molecule has 0 unspecified atom stereocenters. The van der Waals surface area contributed by atoms with Crippen LogP contribution < -0.4 is 4.74 Å². The van der Waals surface area contributed by atoms with Gasteiger partial charge in [-0.15, -0.1) is 0 Å². The molecule has 2 N–H and O–H groups in total. The third-order valence-electron chi connectivity index (χ3n) is 1.07. The van der Waals surface area contributed by atoms with Crippen LogP contribution in [0.5, 0.6) is 17.4 Å². The maximum Gasteiger partial charge on any atom is 0.258 e. The first-order chi connectivity index (χ1) is 4.75. The second-order valence-corrected chi connectivity index (χ2v) is 1.69. The molecule has 0 saturated heterocycles. The van der Waals surface area contributed by atoms with Gasteiger partial charge in [-0.05, 0) is 0 Å². The highest BCUT2D eigenvalue weighted by atomic mass is 16.5. The third kappa shape index (κ3) is 0.953. The minimum Gasteiger partial charge on any atom is -0.504 e. The van der Waals surface area contributed by atoms with Gasteiger partial charge in [-0.25, -0.2) is 4.98 Å². The maximum absolute atomic E-state index is 8.97. The van der Waals surface area contributed by atoms with Gasteiger partial charge < -0.3 is 14.9 Å². The third-order valence-corrected chi connectivity index (χ3v) is 1.07. The van der Waals surface area contributed by atoms with Crippen molar-refractivity contribution in [3.63, 3.8) is 0 Å². The van der Waals surface area contributed by atoms with Crippen LogP contribution in [0, 0.1) is 0 Å². The molecule has 0 bridgehead atoms. The highest BCUT2D eigenvalue weighted by molar-refractivity contribution is 5.44. The van der Waals surface area contributed by atoms with Crippen molar-refractivity contribution >= 4 is 0 Å². The number of nitrogens with zero attached hydrogens (tertiary/aromatic N) is 1. The molecule has 0 aromatic carbocycles. The Morgan fingerprint density at radius 1 is 1.50 bits per heavy atom. The molecule has 0 aliphatic heterocycles. The number of aromatic nitrogens is 1. The van der Waals surface area contributed by atoms with Crippen LogP contribution in [-0.2, 0) is 0 Å². The quantitative estimate of drug-likeness (QED) is 0.597. The summed E-state index contributed by atoms with van der Waals surface area (Å²) in [4.78, 5) is 3.48. The van der Waals surface area contributed by atoms with Crippen molar-refractivity contribution in [2.24, 2.45) is 0 Å². The molecule has 0 spiro atoms. The van der Waals surface area contributed by atoms with Gasteiger partial charge in [0.1, 0.15) is 0 Å². The predicted octanol–water partition coefficient (Wildman–Crippen LogP) is 0.501. The Hall–Kier alpha value is -1.45. The van der Waals surface area contributed by atoms with Crippen LogP contribution in [0.4, 0.5) is 0 Å². The van der Waals surface area contributed by atoms with E-state index in [0.717, 1.165) is 0 Å². The standard InChI is InChI=1S/C6H7NO3/c1-10-5-4(8)2-3-7-6(5)9/h2-3H,1H3,(H2,7,8,9). The monoisotopic (exact) mass is 141 g/mol. The van der Waals surface area contributed by atoms with Crippen molar-refractivity contribution in [3.05, 3.63) is 12.3 Å². The number of pyridine rings is 1. The van der Waals surface area contributed by atoms with Crippen molar-refractivity contribution in [1.82, 2.24) is 4.98 Å². The predicted molar refractivity (Wildman–Crippen MR) is 34.1 cm³/mol. The van der Waals surface area contributed by atoms with Crippen LogP contribution in [0.1, 0.15) is 0 Å². The average Bonchev–Trinajstić information content (AvgIpc) is 1.88. The van der Waals surface area contributed by atoms with Crippen LogP contribution in [0.2, 0.25) is 0 Å². The van der Waals surface area contributed by atoms with Crippen LogP contribution >= 0.6 is 0 Å². The molecule has 1 aromatic heterocycles. The van der Waals surface area contributed by atoms with Gasteiger partial charge in [-0.2, -0.15) is 0 Å². The zero-order valence-corrected chi connectivity index (χ0v) is 5.40. The molecule has 0 atom stereocenters. The molecule has 54 valence electrons. The Morgan fingerprint density at radius 3 is 2.60 bits per heavy atom. The van der Waals surface area contributed by atoms with Crippen LogP contribution in [-0.4, -0.2) is 22.3 Å². The highest BCUT2D eigenvalue weighted by Crippen LogP contribution is 2.31. The number of aromatic hydroxyl groups is 2. The summed E-state index contributed by atoms with van der Waals surface area (Å²) in [6.07, 6.45) is 1.28. The molecule has 1 rings (SSSR count). The molecule has 1 heterocycles. The second-order valence-electron chi connectivity index (χ2n) is 1.69. The van der Waals surface area contributed by atoms with E-state index in [9.17, 15) is 0 Å². The molecule has 0 amide bonds. The summed E-state index contributed by atoms with van der Waals surface area (Å²) >= 11 is 0. The number of rotatable bonds is 1. The second kappa shape index (κ2) is 2.43. The van der Waals surface area contributed by atoms with Gasteiger partial charge in [0.05, 0.1) is 7.11 Å². The fourth-order valence-corrected chi connectivity index (χ4v) is 0.623. The van der Waals surface area contributed by atoms with E-state index in [4.69, 9.17) is 10.2 Å². The van der Waals surface area contributed by atoms with E-state index in [1.165, 1.54) is 19.4 Å². The minimum atomic E-state index is -0.303. The van der Waals surface area contributed by atoms with Crippen LogP contribution in [0.15, 0.2) is 12.3 Å². The van der Waals surface area contributed by atoms with E-state index in [1.54, 1.807) is 0 Å². The van der Waals surface area contributed by atoms with E-state index in [-0.39, 0.29) is 17.4 Å². The summed E-state index contributed by atoms with van der Waals surface area (Å²) in [7, 11) is 1.34. The first kappa shape index (κ1) is 6.67. The van der Waals surface area contributed by atoms with Crippen molar-refractivity contribution in [2.75, 3.05) is 7.11 Å². The molecule has 0 fully saturated rings. The van der Waals surface area contributed by atoms with E-state index in [2.05, 4.69) is 9.72 Å². The lowest BCUT2D eigenvalue weighted by Gasteiger charge is -2.01. The number of ether oxygens (including phenoxy) is 1. The summed E-state index contributed by atoms with van der Waals surface area (Å²) in [5, 5.41) is 17.9. The van der Waals surface area contributed by atoms with Crippen molar-refractivity contribution in [3.8, 4) is 17.4 Å². The summed E-state index contributed by atoms with van der Waals surface area (Å²) in [5.74, 6) is -0.417. The zero-order valence-electron chi connectivity index (χ0n) is 5.40. The first-order valence-corrected chi connectivity index (χ1v) is 2.66. The van der Waals surface area contributed by atoms with Crippen molar-refractivity contribution in [1.29, 1.82) is 0 Å². The molecule has 1 aromatic rings. The van der Waals surface area contributed by atoms with Gasteiger partial charge in [0.15, 0.2) is 5.75 Å². The smallest absolute Gasteiger partial charge is 0.258 e. The lowest BCUT2D eigenvalue weighted by molar-refractivity contribution is 0.336. The minimum absolute atomic E-state index is 0.00231. The Kier molecular flexibility index (Phi) is 1.62. The normalized spacial score (nSPS) is 9.30. The summed E-state index contributed by atoms with van der Waals surface area (Å²) < 4.78 is 4.61. The molecule has 4 nitrogen and oxygen atoms in total. The Bertz CT molecular complexity index is 216. The summed E-state index contributed by atoms with van der Waals surface area (Å²) in [6, 6.07) is 1.33. The van der Waals surface area contributed by atoms with Crippen LogP contribution in [0.25, 0.3) is 0 Å². The Morgan fingerprint density at radius 2 is 2.20 bits per heavy atom. The van der Waals surface area contributed by atoms with Gasteiger partial charge >= 0.3 is 0 Å². The van der Waals surface area contributed by atoms with Gasteiger partial charge in [0, 0.05) is 12.3 Å². The molecule has 0 saturated carbocycles. The first-order valence-electron chi connectivity index (χ1n) is 2.66. The van der Waals surface area contributed by atoms with E-state index >= 15 is 0 Å². The molecular weight excluding hydrogens is 134 g/mol. The Balaban J connectivity index is 3.17. The average molecular weight is 141 g/mol. The van der Waals surface area contributed by atoms with E-state index < -0.39 is 0 Å². The Labute approximate surface area is 57.7 Å².